The second-order valence-corrected chi connectivity index (χ2v) is 7.15. The quantitative estimate of drug-likeness (QED) is 0.561. The molecule has 1 nitrogen and oxygen atoms in total. The fraction of sp³-hybridized carbons (Fsp3) is 0.550. The number of allylic oxidation sites excluding steroid dienone is 1. The van der Waals surface area contributed by atoms with Gasteiger partial charge in [0, 0.05) is 4.48 Å². The monoisotopic (exact) mass is 361 g/mol. The molecular formula is C20H28BrN. The van der Waals surface area contributed by atoms with E-state index in [-0.39, 0.29) is 0 Å². The van der Waals surface area contributed by atoms with Gasteiger partial charge in [0.2, 0.25) is 0 Å². The van der Waals surface area contributed by atoms with Gasteiger partial charge in [-0.1, -0.05) is 74.0 Å². The summed E-state index contributed by atoms with van der Waals surface area (Å²) in [4.78, 5) is 0. The van der Waals surface area contributed by atoms with Crippen LogP contribution in [0.1, 0.15) is 74.6 Å². The van der Waals surface area contributed by atoms with Crippen molar-refractivity contribution >= 4 is 20.4 Å². The zero-order chi connectivity index (χ0) is 16.5. The van der Waals surface area contributed by atoms with Crippen LogP contribution in [0.15, 0.2) is 18.2 Å². The van der Waals surface area contributed by atoms with Gasteiger partial charge in [-0.3, -0.25) is 0 Å². The number of benzene rings is 1. The lowest BCUT2D eigenvalue weighted by molar-refractivity contribution is 0.385. The number of nitriles is 1. The number of halogens is 1. The number of rotatable bonds is 2. The molecule has 0 amide bonds. The molecule has 0 saturated heterocycles. The molecular weight excluding hydrogens is 334 g/mol. The fourth-order valence-corrected chi connectivity index (χ4v) is 3.58. The maximum Gasteiger partial charge on any atom is 0.0994 e. The molecule has 1 fully saturated rings. The topological polar surface area (TPSA) is 23.8 Å². The van der Waals surface area contributed by atoms with Gasteiger partial charge in [-0.15, -0.1) is 0 Å². The predicted molar refractivity (Wildman–Crippen MR) is 100 cm³/mol. The minimum Gasteiger partial charge on any atom is -0.192 e. The molecule has 1 aliphatic rings. The number of hydrogen-bond donors (Lipinski definition) is 0. The highest BCUT2D eigenvalue weighted by Gasteiger charge is 2.06. The van der Waals surface area contributed by atoms with E-state index in [2.05, 4.69) is 54.9 Å². The third-order valence-corrected chi connectivity index (χ3v) is 4.98. The fourth-order valence-electron chi connectivity index (χ4n) is 2.83. The van der Waals surface area contributed by atoms with Crippen molar-refractivity contribution in [2.24, 2.45) is 5.92 Å². The van der Waals surface area contributed by atoms with Crippen LogP contribution >= 0.6 is 15.9 Å². The Kier molecular flexibility index (Phi) is 8.49. The molecule has 0 bridgehead atoms. The SMILES string of the molecule is CC/C=C(/Br)c1cc(C#N)c(C)cc1C.CC1CCCCC1. The van der Waals surface area contributed by atoms with E-state index in [4.69, 9.17) is 5.26 Å². The molecule has 0 atom stereocenters. The predicted octanol–water partition coefficient (Wildman–Crippen LogP) is 6.91. The molecule has 0 aromatic heterocycles. The van der Waals surface area contributed by atoms with Crippen LogP contribution in [0.3, 0.4) is 0 Å². The van der Waals surface area contributed by atoms with E-state index >= 15 is 0 Å². The zero-order valence-electron chi connectivity index (χ0n) is 14.4. The molecule has 2 rings (SSSR count). The first-order chi connectivity index (χ1) is 10.5. The van der Waals surface area contributed by atoms with Crippen LogP contribution in [0.2, 0.25) is 0 Å². The van der Waals surface area contributed by atoms with Crippen LogP contribution in [0.25, 0.3) is 4.48 Å². The van der Waals surface area contributed by atoms with Gasteiger partial charge in [0.05, 0.1) is 11.6 Å². The van der Waals surface area contributed by atoms with Crippen molar-refractivity contribution in [1.29, 1.82) is 5.26 Å². The number of nitrogens with zero attached hydrogens (tertiary/aromatic N) is 1. The molecule has 0 spiro atoms. The van der Waals surface area contributed by atoms with Gasteiger partial charge in [0.25, 0.3) is 0 Å². The van der Waals surface area contributed by atoms with Gasteiger partial charge in [-0.25, -0.2) is 0 Å². The summed E-state index contributed by atoms with van der Waals surface area (Å²) >= 11 is 3.54. The number of aryl methyl sites for hydroxylation is 2. The van der Waals surface area contributed by atoms with Gasteiger partial charge in [-0.2, -0.15) is 5.26 Å². The Hall–Kier alpha value is -1.07. The summed E-state index contributed by atoms with van der Waals surface area (Å²) in [5, 5.41) is 8.96. The summed E-state index contributed by atoms with van der Waals surface area (Å²) in [5.41, 5.74) is 4.09. The highest BCUT2D eigenvalue weighted by Crippen LogP contribution is 2.27. The average molecular weight is 362 g/mol. The lowest BCUT2D eigenvalue weighted by Gasteiger charge is -2.15. The van der Waals surface area contributed by atoms with E-state index in [1.807, 2.05) is 13.0 Å². The van der Waals surface area contributed by atoms with Crippen LogP contribution < -0.4 is 0 Å². The van der Waals surface area contributed by atoms with Crippen LogP contribution in [0.5, 0.6) is 0 Å². The summed E-state index contributed by atoms with van der Waals surface area (Å²) in [7, 11) is 0. The van der Waals surface area contributed by atoms with Gasteiger partial charge in [0.15, 0.2) is 0 Å². The van der Waals surface area contributed by atoms with Crippen LogP contribution in [0.4, 0.5) is 0 Å². The van der Waals surface area contributed by atoms with Crippen molar-refractivity contribution in [2.45, 2.75) is 66.2 Å². The summed E-state index contributed by atoms with van der Waals surface area (Å²) < 4.78 is 1.07. The maximum absolute atomic E-state index is 8.96. The highest BCUT2D eigenvalue weighted by molar-refractivity contribution is 9.15. The first-order valence-electron chi connectivity index (χ1n) is 8.37. The molecule has 0 aliphatic heterocycles. The van der Waals surface area contributed by atoms with Crippen LogP contribution in [0, 0.1) is 31.1 Å². The Morgan fingerprint density at radius 2 is 1.86 bits per heavy atom. The van der Waals surface area contributed by atoms with Crippen molar-refractivity contribution < 1.29 is 0 Å². The lowest BCUT2D eigenvalue weighted by atomic mass is 9.91. The Bertz CT molecular complexity index is 546. The molecule has 120 valence electrons. The second-order valence-electron chi connectivity index (χ2n) is 6.30. The lowest BCUT2D eigenvalue weighted by Crippen LogP contribution is -1.99. The Balaban J connectivity index is 0.000000287. The van der Waals surface area contributed by atoms with Crippen LogP contribution in [-0.4, -0.2) is 0 Å². The first-order valence-corrected chi connectivity index (χ1v) is 9.16. The van der Waals surface area contributed by atoms with Crippen molar-refractivity contribution in [3.8, 4) is 6.07 Å². The van der Waals surface area contributed by atoms with Crippen molar-refractivity contribution in [3.63, 3.8) is 0 Å². The Labute approximate surface area is 144 Å². The normalized spacial score (nSPS) is 15.7. The molecule has 0 N–H and O–H groups in total. The van der Waals surface area contributed by atoms with Gasteiger partial charge < -0.3 is 0 Å². The van der Waals surface area contributed by atoms with Gasteiger partial charge in [0.1, 0.15) is 0 Å². The molecule has 1 aromatic carbocycles. The van der Waals surface area contributed by atoms with Gasteiger partial charge >= 0.3 is 0 Å². The van der Waals surface area contributed by atoms with E-state index in [1.165, 1.54) is 37.7 Å². The minimum absolute atomic E-state index is 0.747. The van der Waals surface area contributed by atoms with E-state index in [1.54, 1.807) is 0 Å². The first kappa shape index (κ1) is 19.0. The Morgan fingerprint density at radius 1 is 1.23 bits per heavy atom. The second kappa shape index (κ2) is 9.85. The van der Waals surface area contributed by atoms with Gasteiger partial charge in [-0.05, 0) is 48.9 Å². The number of hydrogen-bond acceptors (Lipinski definition) is 1. The molecule has 0 heterocycles. The Morgan fingerprint density at radius 3 is 2.32 bits per heavy atom. The largest absolute Gasteiger partial charge is 0.192 e. The van der Waals surface area contributed by atoms with Crippen molar-refractivity contribution in [2.75, 3.05) is 0 Å². The summed E-state index contributed by atoms with van der Waals surface area (Å²) in [6, 6.07) is 6.21. The molecule has 0 unspecified atom stereocenters. The van der Waals surface area contributed by atoms with Crippen molar-refractivity contribution in [3.05, 3.63) is 40.5 Å². The van der Waals surface area contributed by atoms with E-state index in [9.17, 15) is 0 Å². The summed E-state index contributed by atoms with van der Waals surface area (Å²) in [6.07, 6.45) is 10.5. The molecule has 0 radical (unpaired) electrons. The molecule has 1 aliphatic carbocycles. The standard InChI is InChI=1S/C13H14BrN.C7H14/c1-4-5-13(14)12-7-11(8-15)9(2)6-10(12)3;1-7-5-3-2-4-6-7/h5-7H,4H2,1-3H3;7H,2-6H2,1H3/b13-5+;. The molecule has 2 heteroatoms. The van der Waals surface area contributed by atoms with E-state index in [0.717, 1.165) is 33.5 Å². The van der Waals surface area contributed by atoms with E-state index in [0.29, 0.717) is 0 Å². The highest BCUT2D eigenvalue weighted by atomic mass is 79.9. The molecule has 1 aromatic rings. The van der Waals surface area contributed by atoms with Crippen molar-refractivity contribution in [1.82, 2.24) is 0 Å². The average Bonchev–Trinajstić information content (AvgIpc) is 2.49. The minimum atomic E-state index is 0.747. The third kappa shape index (κ3) is 5.97. The van der Waals surface area contributed by atoms with Crippen LogP contribution in [-0.2, 0) is 0 Å². The van der Waals surface area contributed by atoms with E-state index < -0.39 is 0 Å². The smallest absolute Gasteiger partial charge is 0.0994 e. The maximum atomic E-state index is 8.96. The molecule has 22 heavy (non-hydrogen) atoms. The zero-order valence-corrected chi connectivity index (χ0v) is 16.0. The summed E-state index contributed by atoms with van der Waals surface area (Å²) in [6.45, 7) is 8.48. The molecule has 1 saturated carbocycles. The third-order valence-electron chi connectivity index (χ3n) is 4.23. The summed E-state index contributed by atoms with van der Waals surface area (Å²) in [5.74, 6) is 1.04.